The Bertz CT molecular complexity index is 485. The van der Waals surface area contributed by atoms with Crippen LogP contribution in [0.1, 0.15) is 30.6 Å². The summed E-state index contributed by atoms with van der Waals surface area (Å²) in [4.78, 5) is 13.0. The first kappa shape index (κ1) is 12.0. The van der Waals surface area contributed by atoms with Crippen LogP contribution in [0.3, 0.4) is 0 Å². The highest BCUT2D eigenvalue weighted by molar-refractivity contribution is 6.29. The van der Waals surface area contributed by atoms with Crippen molar-refractivity contribution >= 4 is 11.6 Å². The standard InChI is InChI=1S/C13H14ClN3/c1-2-5-11-8-12(14)17-13(16-11)9-10-6-3-4-7-15-10/h3-4,6-8H,2,5,9H2,1H3. The zero-order chi connectivity index (χ0) is 12.1. The van der Waals surface area contributed by atoms with Crippen LogP contribution >= 0.6 is 11.6 Å². The number of hydrogen-bond acceptors (Lipinski definition) is 3. The number of hydrogen-bond donors (Lipinski definition) is 0. The fourth-order valence-corrected chi connectivity index (χ4v) is 1.87. The van der Waals surface area contributed by atoms with Gasteiger partial charge in [0, 0.05) is 17.6 Å². The molecule has 0 bridgehead atoms. The molecule has 4 heteroatoms. The summed E-state index contributed by atoms with van der Waals surface area (Å²) >= 11 is 5.98. The van der Waals surface area contributed by atoms with Crippen molar-refractivity contribution in [3.05, 3.63) is 52.8 Å². The maximum absolute atomic E-state index is 5.98. The highest BCUT2D eigenvalue weighted by Crippen LogP contribution is 2.11. The highest BCUT2D eigenvalue weighted by Gasteiger charge is 2.04. The third kappa shape index (κ3) is 3.49. The van der Waals surface area contributed by atoms with Gasteiger partial charge in [-0.05, 0) is 24.6 Å². The van der Waals surface area contributed by atoms with Crippen molar-refractivity contribution in [2.75, 3.05) is 0 Å². The Morgan fingerprint density at radius 1 is 1.18 bits per heavy atom. The van der Waals surface area contributed by atoms with Gasteiger partial charge in [0.2, 0.25) is 0 Å². The SMILES string of the molecule is CCCc1cc(Cl)nc(Cc2ccccn2)n1. The quantitative estimate of drug-likeness (QED) is 0.780. The molecule has 0 N–H and O–H groups in total. The summed E-state index contributed by atoms with van der Waals surface area (Å²) in [6, 6.07) is 7.64. The van der Waals surface area contributed by atoms with Crippen LogP contribution in [-0.4, -0.2) is 15.0 Å². The first-order chi connectivity index (χ1) is 8.28. The van der Waals surface area contributed by atoms with Crippen LogP contribution in [0.2, 0.25) is 5.15 Å². The fourth-order valence-electron chi connectivity index (χ4n) is 1.64. The van der Waals surface area contributed by atoms with Gasteiger partial charge >= 0.3 is 0 Å². The van der Waals surface area contributed by atoms with Crippen molar-refractivity contribution < 1.29 is 0 Å². The fraction of sp³-hybridized carbons (Fsp3) is 0.308. The molecule has 0 radical (unpaired) electrons. The average Bonchev–Trinajstić information content (AvgIpc) is 2.30. The number of aromatic nitrogens is 3. The Morgan fingerprint density at radius 2 is 2.06 bits per heavy atom. The number of pyridine rings is 1. The summed E-state index contributed by atoms with van der Waals surface area (Å²) in [6.45, 7) is 2.12. The molecule has 88 valence electrons. The summed E-state index contributed by atoms with van der Waals surface area (Å²) in [5.41, 5.74) is 1.95. The third-order valence-corrected chi connectivity index (χ3v) is 2.56. The van der Waals surface area contributed by atoms with Gasteiger partial charge in [-0.1, -0.05) is 31.0 Å². The second-order valence-electron chi connectivity index (χ2n) is 3.85. The van der Waals surface area contributed by atoms with Gasteiger partial charge in [-0.2, -0.15) is 0 Å². The topological polar surface area (TPSA) is 38.7 Å². The highest BCUT2D eigenvalue weighted by atomic mass is 35.5. The minimum atomic E-state index is 0.509. The van der Waals surface area contributed by atoms with Gasteiger partial charge in [0.05, 0.1) is 6.42 Å². The van der Waals surface area contributed by atoms with Crippen molar-refractivity contribution in [3.63, 3.8) is 0 Å². The normalized spacial score (nSPS) is 10.5. The van der Waals surface area contributed by atoms with E-state index in [9.17, 15) is 0 Å². The number of aryl methyl sites for hydroxylation is 1. The Labute approximate surface area is 106 Å². The predicted molar refractivity (Wildman–Crippen MR) is 68.1 cm³/mol. The van der Waals surface area contributed by atoms with E-state index < -0.39 is 0 Å². The molecule has 0 saturated carbocycles. The molecule has 2 heterocycles. The lowest BCUT2D eigenvalue weighted by molar-refractivity contribution is 0.835. The summed E-state index contributed by atoms with van der Waals surface area (Å²) in [7, 11) is 0. The Morgan fingerprint density at radius 3 is 2.76 bits per heavy atom. The lowest BCUT2D eigenvalue weighted by Gasteiger charge is -2.04. The van der Waals surface area contributed by atoms with Crippen LogP contribution < -0.4 is 0 Å². The van der Waals surface area contributed by atoms with Crippen LogP contribution in [0.5, 0.6) is 0 Å². The second-order valence-corrected chi connectivity index (χ2v) is 4.23. The molecule has 0 spiro atoms. The summed E-state index contributed by atoms with van der Waals surface area (Å²) in [5, 5.41) is 0.509. The zero-order valence-corrected chi connectivity index (χ0v) is 10.5. The van der Waals surface area contributed by atoms with E-state index in [1.165, 1.54) is 0 Å². The van der Waals surface area contributed by atoms with E-state index in [2.05, 4.69) is 21.9 Å². The van der Waals surface area contributed by atoms with Gasteiger partial charge in [-0.15, -0.1) is 0 Å². The van der Waals surface area contributed by atoms with Crippen molar-refractivity contribution in [3.8, 4) is 0 Å². The van der Waals surface area contributed by atoms with E-state index in [1.54, 1.807) is 6.20 Å². The molecule has 0 aliphatic rings. The van der Waals surface area contributed by atoms with Gasteiger partial charge < -0.3 is 0 Å². The molecule has 2 aromatic heterocycles. The van der Waals surface area contributed by atoms with Gasteiger partial charge in [0.1, 0.15) is 11.0 Å². The lowest BCUT2D eigenvalue weighted by Crippen LogP contribution is -2.02. The van der Waals surface area contributed by atoms with Crippen molar-refractivity contribution in [1.29, 1.82) is 0 Å². The summed E-state index contributed by atoms with van der Waals surface area (Å²) < 4.78 is 0. The Kier molecular flexibility index (Phi) is 4.04. The van der Waals surface area contributed by atoms with Crippen molar-refractivity contribution in [2.24, 2.45) is 0 Å². The second kappa shape index (κ2) is 5.73. The van der Waals surface area contributed by atoms with Crippen molar-refractivity contribution in [1.82, 2.24) is 15.0 Å². The van der Waals surface area contributed by atoms with Crippen LogP contribution in [0.15, 0.2) is 30.5 Å². The molecular formula is C13H14ClN3. The van der Waals surface area contributed by atoms with Gasteiger partial charge in [0.25, 0.3) is 0 Å². The molecule has 2 rings (SSSR count). The molecular weight excluding hydrogens is 234 g/mol. The molecule has 17 heavy (non-hydrogen) atoms. The molecule has 0 aliphatic heterocycles. The maximum atomic E-state index is 5.98. The van der Waals surface area contributed by atoms with Crippen LogP contribution in [0.25, 0.3) is 0 Å². The average molecular weight is 248 g/mol. The maximum Gasteiger partial charge on any atom is 0.136 e. The molecule has 3 nitrogen and oxygen atoms in total. The molecule has 0 saturated heterocycles. The zero-order valence-electron chi connectivity index (χ0n) is 9.73. The van der Waals surface area contributed by atoms with E-state index in [1.807, 2.05) is 24.3 Å². The third-order valence-electron chi connectivity index (χ3n) is 2.37. The molecule has 0 aliphatic carbocycles. The van der Waals surface area contributed by atoms with E-state index in [-0.39, 0.29) is 0 Å². The van der Waals surface area contributed by atoms with E-state index in [0.717, 1.165) is 30.1 Å². The van der Waals surface area contributed by atoms with Crippen LogP contribution in [-0.2, 0) is 12.8 Å². The first-order valence-electron chi connectivity index (χ1n) is 5.70. The van der Waals surface area contributed by atoms with Crippen LogP contribution in [0.4, 0.5) is 0 Å². The molecule has 0 fully saturated rings. The molecule has 0 amide bonds. The number of nitrogens with zero attached hydrogens (tertiary/aromatic N) is 3. The molecule has 0 unspecified atom stereocenters. The largest absolute Gasteiger partial charge is 0.261 e. The predicted octanol–water partition coefficient (Wildman–Crippen LogP) is 3.07. The smallest absolute Gasteiger partial charge is 0.136 e. The molecule has 2 aromatic rings. The van der Waals surface area contributed by atoms with Crippen molar-refractivity contribution in [2.45, 2.75) is 26.2 Å². The minimum Gasteiger partial charge on any atom is -0.261 e. The van der Waals surface area contributed by atoms with E-state index in [4.69, 9.17) is 11.6 Å². The van der Waals surface area contributed by atoms with Gasteiger partial charge in [0.15, 0.2) is 0 Å². The Balaban J connectivity index is 2.21. The molecule has 0 atom stereocenters. The number of halogens is 1. The first-order valence-corrected chi connectivity index (χ1v) is 6.08. The monoisotopic (exact) mass is 247 g/mol. The van der Waals surface area contributed by atoms with E-state index in [0.29, 0.717) is 11.6 Å². The Hall–Kier alpha value is -1.48. The lowest BCUT2D eigenvalue weighted by atomic mass is 10.2. The number of rotatable bonds is 4. The van der Waals surface area contributed by atoms with Crippen LogP contribution in [0, 0.1) is 0 Å². The summed E-state index contributed by atoms with van der Waals surface area (Å²) in [6.07, 6.45) is 4.37. The van der Waals surface area contributed by atoms with E-state index >= 15 is 0 Å². The van der Waals surface area contributed by atoms with Gasteiger partial charge in [-0.3, -0.25) is 4.98 Å². The molecule has 0 aromatic carbocycles. The van der Waals surface area contributed by atoms with Gasteiger partial charge in [-0.25, -0.2) is 9.97 Å². The minimum absolute atomic E-state index is 0.509. The summed E-state index contributed by atoms with van der Waals surface area (Å²) in [5.74, 6) is 0.736.